The predicted molar refractivity (Wildman–Crippen MR) is 98.0 cm³/mol. The lowest BCUT2D eigenvalue weighted by molar-refractivity contribution is -0.137. The topological polar surface area (TPSA) is 84.7 Å². The van der Waals surface area contributed by atoms with E-state index in [0.29, 0.717) is 24.0 Å². The van der Waals surface area contributed by atoms with Gasteiger partial charge in [-0.05, 0) is 50.9 Å². The number of carbonyl (C=O) groups is 2. The summed E-state index contributed by atoms with van der Waals surface area (Å²) in [7, 11) is 1.66. The van der Waals surface area contributed by atoms with Gasteiger partial charge in [0, 0.05) is 32.2 Å². The van der Waals surface area contributed by atoms with E-state index in [1.165, 1.54) is 19.3 Å². The number of rotatable bonds is 4. The third-order valence-electron chi connectivity index (χ3n) is 6.65. The summed E-state index contributed by atoms with van der Waals surface area (Å²) in [6.45, 7) is 3.59. The summed E-state index contributed by atoms with van der Waals surface area (Å²) >= 11 is 0. The summed E-state index contributed by atoms with van der Waals surface area (Å²) in [5.74, 6) is 1.95. The van der Waals surface area contributed by atoms with Gasteiger partial charge < -0.3 is 19.5 Å². The van der Waals surface area contributed by atoms with Crippen LogP contribution >= 0.6 is 0 Å². The van der Waals surface area contributed by atoms with Gasteiger partial charge in [-0.25, -0.2) is 0 Å². The quantitative estimate of drug-likeness (QED) is 0.872. The van der Waals surface area contributed by atoms with Crippen molar-refractivity contribution in [3.63, 3.8) is 0 Å². The molecule has 1 aromatic heterocycles. The van der Waals surface area contributed by atoms with E-state index in [4.69, 9.17) is 9.26 Å². The van der Waals surface area contributed by atoms with Crippen molar-refractivity contribution in [3.05, 3.63) is 17.5 Å². The van der Waals surface area contributed by atoms with Crippen molar-refractivity contribution in [2.24, 2.45) is 17.8 Å². The van der Waals surface area contributed by atoms with Gasteiger partial charge in [-0.2, -0.15) is 0 Å². The van der Waals surface area contributed by atoms with Crippen molar-refractivity contribution in [3.8, 4) is 0 Å². The lowest BCUT2D eigenvalue weighted by Gasteiger charge is -2.36. The molecule has 1 saturated heterocycles. The van der Waals surface area contributed by atoms with Crippen molar-refractivity contribution in [2.45, 2.75) is 57.6 Å². The lowest BCUT2D eigenvalue weighted by atomic mass is 9.82. The first-order valence-electron chi connectivity index (χ1n) is 10.1. The van der Waals surface area contributed by atoms with Gasteiger partial charge in [0.15, 0.2) is 5.69 Å². The summed E-state index contributed by atoms with van der Waals surface area (Å²) in [6, 6.07) is 1.43. The molecule has 3 aliphatic rings. The van der Waals surface area contributed by atoms with E-state index in [1.807, 2.05) is 0 Å². The minimum absolute atomic E-state index is 0.0421. The number of hydrogen-bond donors (Lipinski definition) is 1. The van der Waals surface area contributed by atoms with Crippen LogP contribution in [-0.4, -0.2) is 54.2 Å². The predicted octanol–water partition coefficient (Wildman–Crippen LogP) is 2.16. The maximum absolute atomic E-state index is 13.1. The number of carbonyl (C=O) groups excluding carboxylic acids is 2. The van der Waals surface area contributed by atoms with Gasteiger partial charge in [-0.15, -0.1) is 0 Å². The molecule has 0 radical (unpaired) electrons. The van der Waals surface area contributed by atoms with Crippen LogP contribution in [0.5, 0.6) is 0 Å². The molecule has 0 unspecified atom stereocenters. The van der Waals surface area contributed by atoms with Crippen molar-refractivity contribution >= 4 is 11.8 Å². The first kappa shape index (κ1) is 18.5. The Morgan fingerprint density at radius 1 is 1.22 bits per heavy atom. The van der Waals surface area contributed by atoms with E-state index >= 15 is 0 Å². The van der Waals surface area contributed by atoms with Crippen LogP contribution in [0.15, 0.2) is 10.6 Å². The van der Waals surface area contributed by atoms with Crippen LogP contribution in [0.4, 0.5) is 0 Å². The van der Waals surface area contributed by atoms with Gasteiger partial charge in [0.05, 0.1) is 12.1 Å². The normalized spacial score (nSPS) is 33.1. The van der Waals surface area contributed by atoms with E-state index in [0.717, 1.165) is 25.9 Å². The molecule has 1 aromatic rings. The molecule has 2 aliphatic carbocycles. The molecule has 7 nitrogen and oxygen atoms in total. The molecule has 27 heavy (non-hydrogen) atoms. The fourth-order valence-electron chi connectivity index (χ4n) is 5.19. The fourth-order valence-corrected chi connectivity index (χ4v) is 5.19. The van der Waals surface area contributed by atoms with Crippen LogP contribution in [0.3, 0.4) is 0 Å². The summed E-state index contributed by atoms with van der Waals surface area (Å²) < 4.78 is 10.6. The second-order valence-electron chi connectivity index (χ2n) is 8.38. The molecular formula is C20H29N3O4. The molecule has 2 saturated carbocycles. The zero-order chi connectivity index (χ0) is 19.0. The van der Waals surface area contributed by atoms with Crippen molar-refractivity contribution < 1.29 is 18.8 Å². The van der Waals surface area contributed by atoms with Crippen LogP contribution in [0.1, 0.15) is 54.8 Å². The molecule has 5 atom stereocenters. The molecular weight excluding hydrogens is 346 g/mol. The monoisotopic (exact) mass is 375 g/mol. The van der Waals surface area contributed by atoms with Gasteiger partial charge >= 0.3 is 0 Å². The SMILES string of the molecule is CO[C@@H]1CC[C@H](C(=O)N2C[C@H]3CCC[C@H]3C2)C[C@H]1NC(=O)c1cc(C)on1. The third kappa shape index (κ3) is 3.74. The Balaban J connectivity index is 1.39. The molecule has 0 aromatic carbocycles. The summed E-state index contributed by atoms with van der Waals surface area (Å²) in [5.41, 5.74) is 0.267. The molecule has 2 heterocycles. The lowest BCUT2D eigenvalue weighted by Crippen LogP contribution is -2.50. The van der Waals surface area contributed by atoms with E-state index in [1.54, 1.807) is 20.1 Å². The highest BCUT2D eigenvalue weighted by molar-refractivity contribution is 5.92. The Morgan fingerprint density at radius 2 is 1.96 bits per heavy atom. The van der Waals surface area contributed by atoms with Gasteiger partial charge in [-0.1, -0.05) is 11.6 Å². The number of methoxy groups -OCH3 is 1. The highest BCUT2D eigenvalue weighted by Gasteiger charge is 2.42. The number of ether oxygens (including phenoxy) is 1. The Labute approximate surface area is 159 Å². The smallest absolute Gasteiger partial charge is 0.273 e. The van der Waals surface area contributed by atoms with Gasteiger partial charge in [0.1, 0.15) is 5.76 Å². The molecule has 7 heteroatoms. The number of aryl methyl sites for hydroxylation is 1. The molecule has 148 valence electrons. The molecule has 3 fully saturated rings. The standard InChI is InChI=1S/C20H29N3O4/c1-12-8-17(22-27-12)19(24)21-16-9-13(6-7-18(16)26-2)20(25)23-10-14-4-3-5-15(14)11-23/h8,13-16,18H,3-7,9-11H2,1-2H3,(H,21,24)/t13-,14-,15+,16+,18+/m0/s1. The Morgan fingerprint density at radius 3 is 2.59 bits per heavy atom. The van der Waals surface area contributed by atoms with Gasteiger partial charge in [-0.3, -0.25) is 9.59 Å². The summed E-state index contributed by atoms with van der Waals surface area (Å²) in [6.07, 6.45) is 5.97. The molecule has 4 rings (SSSR count). The highest BCUT2D eigenvalue weighted by atomic mass is 16.5. The Bertz CT molecular complexity index is 691. The van der Waals surface area contributed by atoms with E-state index in [2.05, 4.69) is 15.4 Å². The Hall–Kier alpha value is -1.89. The molecule has 1 N–H and O–H groups in total. The minimum atomic E-state index is -0.275. The van der Waals surface area contributed by atoms with Crippen LogP contribution in [0.2, 0.25) is 0 Å². The van der Waals surface area contributed by atoms with Gasteiger partial charge in [0.25, 0.3) is 5.91 Å². The molecule has 2 amide bonds. The molecule has 0 bridgehead atoms. The molecule has 1 aliphatic heterocycles. The number of nitrogens with zero attached hydrogens (tertiary/aromatic N) is 2. The number of amides is 2. The maximum atomic E-state index is 13.1. The van der Waals surface area contributed by atoms with Crippen molar-refractivity contribution in [1.82, 2.24) is 15.4 Å². The highest BCUT2D eigenvalue weighted by Crippen LogP contribution is 2.39. The summed E-state index contributed by atoms with van der Waals surface area (Å²) in [4.78, 5) is 27.6. The number of hydrogen-bond acceptors (Lipinski definition) is 5. The Kier molecular flexibility index (Phi) is 5.21. The van der Waals surface area contributed by atoms with Crippen LogP contribution in [-0.2, 0) is 9.53 Å². The number of nitrogens with one attached hydrogen (secondary N) is 1. The van der Waals surface area contributed by atoms with E-state index in [-0.39, 0.29) is 35.6 Å². The summed E-state index contributed by atoms with van der Waals surface area (Å²) in [5, 5.41) is 6.79. The van der Waals surface area contributed by atoms with Crippen molar-refractivity contribution in [2.75, 3.05) is 20.2 Å². The van der Waals surface area contributed by atoms with E-state index < -0.39 is 0 Å². The van der Waals surface area contributed by atoms with Gasteiger partial charge in [0.2, 0.25) is 5.91 Å². The first-order chi connectivity index (χ1) is 13.0. The fraction of sp³-hybridized carbons (Fsp3) is 0.750. The van der Waals surface area contributed by atoms with Crippen molar-refractivity contribution in [1.29, 1.82) is 0 Å². The number of fused-ring (bicyclic) bond motifs is 1. The maximum Gasteiger partial charge on any atom is 0.273 e. The average Bonchev–Trinajstić information content (AvgIpc) is 3.36. The first-order valence-corrected chi connectivity index (χ1v) is 10.1. The zero-order valence-corrected chi connectivity index (χ0v) is 16.1. The van der Waals surface area contributed by atoms with Crippen LogP contribution < -0.4 is 5.32 Å². The largest absolute Gasteiger partial charge is 0.379 e. The van der Waals surface area contributed by atoms with Crippen LogP contribution in [0.25, 0.3) is 0 Å². The minimum Gasteiger partial charge on any atom is -0.379 e. The van der Waals surface area contributed by atoms with E-state index in [9.17, 15) is 9.59 Å². The average molecular weight is 375 g/mol. The second-order valence-corrected chi connectivity index (χ2v) is 8.38. The number of aromatic nitrogens is 1. The zero-order valence-electron chi connectivity index (χ0n) is 16.1. The molecule has 0 spiro atoms. The number of likely N-dealkylation sites (tertiary alicyclic amines) is 1. The van der Waals surface area contributed by atoms with Crippen LogP contribution in [0, 0.1) is 24.7 Å². The second kappa shape index (κ2) is 7.62. The third-order valence-corrected chi connectivity index (χ3v) is 6.65.